The van der Waals surface area contributed by atoms with Crippen molar-refractivity contribution in [3.8, 4) is 0 Å². The molecule has 5 heteroatoms. The lowest BCUT2D eigenvalue weighted by Gasteiger charge is -2.24. The zero-order valence-electron chi connectivity index (χ0n) is 10.5. The summed E-state index contributed by atoms with van der Waals surface area (Å²) in [4.78, 5) is 23.0. The standard InChI is InChI=1S/C13H17NO4/c1-9-4-3-5-11(10(9)2)14(8-13(17)18)7-6-12(15)16/h3-5H,6-8H2,1-2H3,(H,15,16)(H,17,18). The van der Waals surface area contributed by atoms with E-state index in [0.717, 1.165) is 16.8 Å². The van der Waals surface area contributed by atoms with Crippen molar-refractivity contribution in [1.29, 1.82) is 0 Å². The third-order valence-electron chi connectivity index (χ3n) is 2.84. The number of anilines is 1. The second-order valence-electron chi connectivity index (χ2n) is 4.18. The van der Waals surface area contributed by atoms with Crippen LogP contribution in [0.3, 0.4) is 0 Å². The summed E-state index contributed by atoms with van der Waals surface area (Å²) in [6.07, 6.45) is -0.0827. The van der Waals surface area contributed by atoms with Gasteiger partial charge in [0.05, 0.1) is 6.42 Å². The predicted molar refractivity (Wildman–Crippen MR) is 68.0 cm³/mol. The second-order valence-corrected chi connectivity index (χ2v) is 4.18. The Bertz CT molecular complexity index is 456. The first-order valence-corrected chi connectivity index (χ1v) is 5.66. The van der Waals surface area contributed by atoms with E-state index in [2.05, 4.69) is 0 Å². The summed E-state index contributed by atoms with van der Waals surface area (Å²) >= 11 is 0. The topological polar surface area (TPSA) is 77.8 Å². The normalized spacial score (nSPS) is 10.1. The number of aryl methyl sites for hydroxylation is 1. The van der Waals surface area contributed by atoms with Crippen LogP contribution >= 0.6 is 0 Å². The number of hydrogen-bond donors (Lipinski definition) is 2. The summed E-state index contributed by atoms with van der Waals surface area (Å²) in [6, 6.07) is 5.59. The molecule has 0 saturated carbocycles. The predicted octanol–water partition coefficient (Wildman–Crippen LogP) is 1.67. The van der Waals surface area contributed by atoms with Crippen molar-refractivity contribution in [1.82, 2.24) is 0 Å². The molecule has 1 aromatic carbocycles. The number of benzene rings is 1. The zero-order chi connectivity index (χ0) is 13.7. The number of aliphatic carboxylic acids is 2. The van der Waals surface area contributed by atoms with Gasteiger partial charge in [0.2, 0.25) is 0 Å². The van der Waals surface area contributed by atoms with Crippen LogP contribution in [0.5, 0.6) is 0 Å². The quantitative estimate of drug-likeness (QED) is 0.804. The fraction of sp³-hybridized carbons (Fsp3) is 0.385. The maximum absolute atomic E-state index is 10.8. The molecule has 0 aliphatic rings. The lowest BCUT2D eigenvalue weighted by Crippen LogP contribution is -2.32. The molecule has 0 radical (unpaired) electrons. The minimum atomic E-state index is -0.971. The molecule has 0 aliphatic carbocycles. The minimum Gasteiger partial charge on any atom is -0.481 e. The highest BCUT2D eigenvalue weighted by Crippen LogP contribution is 2.22. The van der Waals surface area contributed by atoms with Crippen molar-refractivity contribution in [3.05, 3.63) is 29.3 Å². The molecule has 0 heterocycles. The lowest BCUT2D eigenvalue weighted by atomic mass is 10.1. The fourth-order valence-corrected chi connectivity index (χ4v) is 1.76. The molecule has 0 atom stereocenters. The van der Waals surface area contributed by atoms with Crippen LogP contribution in [0.15, 0.2) is 18.2 Å². The molecular weight excluding hydrogens is 234 g/mol. The zero-order valence-corrected chi connectivity index (χ0v) is 10.5. The Morgan fingerprint density at radius 2 is 1.83 bits per heavy atom. The van der Waals surface area contributed by atoms with Crippen molar-refractivity contribution in [2.45, 2.75) is 20.3 Å². The van der Waals surface area contributed by atoms with E-state index in [-0.39, 0.29) is 19.5 Å². The third kappa shape index (κ3) is 3.76. The van der Waals surface area contributed by atoms with Gasteiger partial charge in [0, 0.05) is 12.2 Å². The average Bonchev–Trinajstić information content (AvgIpc) is 2.27. The molecule has 0 saturated heterocycles. The Kier molecular flexibility index (Phi) is 4.71. The van der Waals surface area contributed by atoms with E-state index in [1.807, 2.05) is 32.0 Å². The molecule has 1 rings (SSSR count). The summed E-state index contributed by atoms with van der Waals surface area (Å²) in [5, 5.41) is 17.6. The maximum Gasteiger partial charge on any atom is 0.323 e. The highest BCUT2D eigenvalue weighted by atomic mass is 16.4. The van der Waals surface area contributed by atoms with E-state index in [4.69, 9.17) is 10.2 Å². The molecule has 2 N–H and O–H groups in total. The van der Waals surface area contributed by atoms with Crippen LogP contribution in [0.25, 0.3) is 0 Å². The summed E-state index contributed by atoms with van der Waals surface area (Å²) in [5.74, 6) is -1.91. The van der Waals surface area contributed by atoms with Gasteiger partial charge in [0.25, 0.3) is 0 Å². The monoisotopic (exact) mass is 251 g/mol. The van der Waals surface area contributed by atoms with E-state index in [1.165, 1.54) is 0 Å². The van der Waals surface area contributed by atoms with Crippen LogP contribution in [-0.4, -0.2) is 35.2 Å². The Labute approximate surface area is 106 Å². The van der Waals surface area contributed by atoms with Gasteiger partial charge >= 0.3 is 11.9 Å². The fourth-order valence-electron chi connectivity index (χ4n) is 1.76. The first-order valence-electron chi connectivity index (χ1n) is 5.66. The van der Waals surface area contributed by atoms with Crippen molar-refractivity contribution >= 4 is 17.6 Å². The highest BCUT2D eigenvalue weighted by Gasteiger charge is 2.14. The molecule has 0 aliphatic heterocycles. The first kappa shape index (κ1) is 14.0. The molecular formula is C13H17NO4. The average molecular weight is 251 g/mol. The summed E-state index contributed by atoms with van der Waals surface area (Å²) < 4.78 is 0. The van der Waals surface area contributed by atoms with E-state index in [9.17, 15) is 9.59 Å². The van der Waals surface area contributed by atoms with Gasteiger partial charge in [-0.1, -0.05) is 12.1 Å². The molecule has 98 valence electrons. The third-order valence-corrected chi connectivity index (χ3v) is 2.84. The van der Waals surface area contributed by atoms with Crippen LogP contribution < -0.4 is 4.90 Å². The molecule has 0 amide bonds. The van der Waals surface area contributed by atoms with Gasteiger partial charge in [0.15, 0.2) is 0 Å². The Morgan fingerprint density at radius 1 is 1.17 bits per heavy atom. The van der Waals surface area contributed by atoms with Gasteiger partial charge in [0.1, 0.15) is 6.54 Å². The first-order chi connectivity index (χ1) is 8.41. The molecule has 0 spiro atoms. The Hall–Kier alpha value is -2.04. The Morgan fingerprint density at radius 3 is 2.39 bits per heavy atom. The molecule has 1 aromatic rings. The molecule has 0 fully saturated rings. The van der Waals surface area contributed by atoms with E-state index < -0.39 is 11.9 Å². The maximum atomic E-state index is 10.8. The van der Waals surface area contributed by atoms with Gasteiger partial charge < -0.3 is 15.1 Å². The number of carbonyl (C=O) groups is 2. The van der Waals surface area contributed by atoms with E-state index in [0.29, 0.717) is 0 Å². The smallest absolute Gasteiger partial charge is 0.323 e. The van der Waals surface area contributed by atoms with Gasteiger partial charge in [-0.25, -0.2) is 0 Å². The number of rotatable bonds is 6. The molecule has 18 heavy (non-hydrogen) atoms. The molecule has 5 nitrogen and oxygen atoms in total. The van der Waals surface area contributed by atoms with Crippen LogP contribution in [0.2, 0.25) is 0 Å². The molecule has 0 unspecified atom stereocenters. The number of carboxylic acid groups (broad SMARTS) is 2. The van der Waals surface area contributed by atoms with Crippen LogP contribution in [-0.2, 0) is 9.59 Å². The number of carboxylic acids is 2. The number of nitrogens with zero attached hydrogens (tertiary/aromatic N) is 1. The van der Waals surface area contributed by atoms with Crippen molar-refractivity contribution < 1.29 is 19.8 Å². The lowest BCUT2D eigenvalue weighted by molar-refractivity contribution is -0.138. The van der Waals surface area contributed by atoms with Gasteiger partial charge in [-0.3, -0.25) is 9.59 Å². The second kappa shape index (κ2) is 6.05. The minimum absolute atomic E-state index is 0.0827. The van der Waals surface area contributed by atoms with Gasteiger partial charge in [-0.15, -0.1) is 0 Å². The van der Waals surface area contributed by atoms with Crippen molar-refractivity contribution in [3.63, 3.8) is 0 Å². The van der Waals surface area contributed by atoms with E-state index >= 15 is 0 Å². The highest BCUT2D eigenvalue weighted by molar-refractivity contribution is 5.75. The Balaban J connectivity index is 2.97. The summed E-state index contributed by atoms with van der Waals surface area (Å²) in [5.41, 5.74) is 2.81. The summed E-state index contributed by atoms with van der Waals surface area (Å²) in [7, 11) is 0. The largest absolute Gasteiger partial charge is 0.481 e. The van der Waals surface area contributed by atoms with Crippen LogP contribution in [0.4, 0.5) is 5.69 Å². The SMILES string of the molecule is Cc1cccc(N(CCC(=O)O)CC(=O)O)c1C. The van der Waals surface area contributed by atoms with E-state index in [1.54, 1.807) is 4.90 Å². The van der Waals surface area contributed by atoms with Gasteiger partial charge in [-0.2, -0.15) is 0 Å². The van der Waals surface area contributed by atoms with Crippen molar-refractivity contribution in [2.75, 3.05) is 18.0 Å². The molecule has 0 aromatic heterocycles. The van der Waals surface area contributed by atoms with Crippen molar-refractivity contribution in [2.24, 2.45) is 0 Å². The van der Waals surface area contributed by atoms with Crippen LogP contribution in [0, 0.1) is 13.8 Å². The summed E-state index contributed by atoms with van der Waals surface area (Å²) in [6.45, 7) is 3.83. The molecule has 0 bridgehead atoms. The van der Waals surface area contributed by atoms with Gasteiger partial charge in [-0.05, 0) is 31.0 Å². The van der Waals surface area contributed by atoms with Crippen LogP contribution in [0.1, 0.15) is 17.5 Å². The number of hydrogen-bond acceptors (Lipinski definition) is 3.